The predicted octanol–water partition coefficient (Wildman–Crippen LogP) is 2.00. The summed E-state index contributed by atoms with van der Waals surface area (Å²) in [6.07, 6.45) is 1.77. The molecule has 6 nitrogen and oxygen atoms in total. The quantitative estimate of drug-likeness (QED) is 0.693. The van der Waals surface area contributed by atoms with Gasteiger partial charge in [0.05, 0.1) is 20.8 Å². The number of non-ortho nitro benzene ring substituents is 1. The largest absolute Gasteiger partial charge is 0.325 e. The number of aromatic nitrogens is 2. The molecule has 0 amide bonds. The minimum Gasteiger partial charge on any atom is -0.325 e. The Hall–Kier alpha value is -1.73. The van der Waals surface area contributed by atoms with Crippen LogP contribution >= 0.6 is 15.9 Å². The summed E-state index contributed by atoms with van der Waals surface area (Å²) in [6, 6.07) is 6.15. The summed E-state index contributed by atoms with van der Waals surface area (Å²) < 4.78 is 2.44. The van der Waals surface area contributed by atoms with Crippen molar-refractivity contribution >= 4 is 21.6 Å². The van der Waals surface area contributed by atoms with Crippen molar-refractivity contribution < 1.29 is 4.92 Å². The minimum absolute atomic E-state index is 0.0546. The van der Waals surface area contributed by atoms with Gasteiger partial charge in [0.1, 0.15) is 0 Å². The Labute approximate surface area is 105 Å². The zero-order chi connectivity index (χ0) is 12.4. The molecule has 0 fully saturated rings. The van der Waals surface area contributed by atoms with Crippen LogP contribution in [0.1, 0.15) is 5.69 Å². The molecule has 0 saturated heterocycles. The first-order valence-corrected chi connectivity index (χ1v) is 5.60. The second kappa shape index (κ2) is 4.64. The fraction of sp³-hybridized carbons (Fsp3) is 0.100. The number of benzene rings is 1. The van der Waals surface area contributed by atoms with E-state index in [1.165, 1.54) is 12.1 Å². The number of nitro groups is 1. The Morgan fingerprint density at radius 2 is 2.06 bits per heavy atom. The number of hydrogen-bond donors (Lipinski definition) is 1. The van der Waals surface area contributed by atoms with E-state index in [0.29, 0.717) is 6.54 Å². The summed E-state index contributed by atoms with van der Waals surface area (Å²) in [5.74, 6) is 0. The summed E-state index contributed by atoms with van der Waals surface area (Å²) in [6.45, 7) is 0.334. The highest BCUT2D eigenvalue weighted by molar-refractivity contribution is 9.10. The molecular weight excluding hydrogens is 288 g/mol. The number of halogens is 1. The Bertz CT molecular complexity index is 550. The molecule has 7 heteroatoms. The van der Waals surface area contributed by atoms with Crippen molar-refractivity contribution in [1.82, 2.24) is 9.78 Å². The number of nitro benzene ring substituents is 1. The second-order valence-corrected chi connectivity index (χ2v) is 4.20. The van der Waals surface area contributed by atoms with Gasteiger partial charge in [0.25, 0.3) is 5.69 Å². The highest BCUT2D eigenvalue weighted by atomic mass is 79.9. The molecule has 0 radical (unpaired) electrons. The molecule has 0 bridgehead atoms. The van der Waals surface area contributed by atoms with E-state index in [4.69, 9.17) is 5.73 Å². The molecular formula is C10H9BrN4O2. The highest BCUT2D eigenvalue weighted by Crippen LogP contribution is 2.19. The van der Waals surface area contributed by atoms with Gasteiger partial charge < -0.3 is 5.73 Å². The van der Waals surface area contributed by atoms with Crippen molar-refractivity contribution in [2.75, 3.05) is 0 Å². The van der Waals surface area contributed by atoms with E-state index in [0.717, 1.165) is 15.9 Å². The van der Waals surface area contributed by atoms with Gasteiger partial charge in [-0.2, -0.15) is 5.10 Å². The smallest absolute Gasteiger partial charge is 0.269 e. The van der Waals surface area contributed by atoms with E-state index in [1.807, 2.05) is 0 Å². The van der Waals surface area contributed by atoms with Crippen LogP contribution in [0, 0.1) is 10.1 Å². The highest BCUT2D eigenvalue weighted by Gasteiger charge is 2.08. The number of nitrogens with two attached hydrogens (primary N) is 1. The summed E-state index contributed by atoms with van der Waals surface area (Å²) >= 11 is 3.34. The standard InChI is InChI=1S/C10H9BrN4O2/c11-9-6-14(13-10(9)5-12)7-1-3-8(4-2-7)15(16)17/h1-4,6H,5,12H2. The van der Waals surface area contributed by atoms with Gasteiger partial charge in [-0.1, -0.05) is 0 Å². The maximum Gasteiger partial charge on any atom is 0.269 e. The number of hydrogen-bond acceptors (Lipinski definition) is 4. The summed E-state index contributed by atoms with van der Waals surface area (Å²) in [5, 5.41) is 14.8. The molecule has 0 aliphatic rings. The van der Waals surface area contributed by atoms with Crippen LogP contribution in [0.15, 0.2) is 34.9 Å². The molecule has 2 aromatic rings. The van der Waals surface area contributed by atoms with Crippen LogP contribution in [-0.4, -0.2) is 14.7 Å². The molecule has 0 saturated carbocycles. The van der Waals surface area contributed by atoms with Gasteiger partial charge in [-0.25, -0.2) is 4.68 Å². The molecule has 0 atom stereocenters. The van der Waals surface area contributed by atoms with E-state index < -0.39 is 4.92 Å². The van der Waals surface area contributed by atoms with Gasteiger partial charge >= 0.3 is 0 Å². The van der Waals surface area contributed by atoms with E-state index in [9.17, 15) is 10.1 Å². The fourth-order valence-corrected chi connectivity index (χ4v) is 1.82. The zero-order valence-corrected chi connectivity index (χ0v) is 10.3. The molecule has 2 N–H and O–H groups in total. The first-order valence-electron chi connectivity index (χ1n) is 4.80. The SMILES string of the molecule is NCc1nn(-c2ccc([N+](=O)[O-])cc2)cc1Br. The van der Waals surface area contributed by atoms with Crippen LogP contribution in [0.25, 0.3) is 5.69 Å². The van der Waals surface area contributed by atoms with Crippen LogP contribution in [0.4, 0.5) is 5.69 Å². The molecule has 1 aromatic carbocycles. The van der Waals surface area contributed by atoms with Gasteiger partial charge in [-0.05, 0) is 28.1 Å². The van der Waals surface area contributed by atoms with Gasteiger partial charge in [-0.3, -0.25) is 10.1 Å². The molecule has 1 heterocycles. The van der Waals surface area contributed by atoms with E-state index in [-0.39, 0.29) is 5.69 Å². The molecule has 0 spiro atoms. The van der Waals surface area contributed by atoms with Gasteiger partial charge in [0.15, 0.2) is 0 Å². The lowest BCUT2D eigenvalue weighted by Gasteiger charge is -1.99. The van der Waals surface area contributed by atoms with Gasteiger partial charge in [-0.15, -0.1) is 0 Å². The van der Waals surface area contributed by atoms with Crippen molar-refractivity contribution in [2.24, 2.45) is 5.73 Å². The lowest BCUT2D eigenvalue weighted by Crippen LogP contribution is -2.00. The summed E-state index contributed by atoms with van der Waals surface area (Å²) in [7, 11) is 0. The molecule has 1 aromatic heterocycles. The lowest BCUT2D eigenvalue weighted by atomic mass is 10.3. The van der Waals surface area contributed by atoms with Crippen molar-refractivity contribution in [2.45, 2.75) is 6.54 Å². The normalized spacial score (nSPS) is 10.5. The first kappa shape index (κ1) is 11.7. The van der Waals surface area contributed by atoms with Crippen LogP contribution in [-0.2, 0) is 6.54 Å². The van der Waals surface area contributed by atoms with Crippen LogP contribution < -0.4 is 5.73 Å². The van der Waals surface area contributed by atoms with E-state index in [2.05, 4.69) is 21.0 Å². The number of rotatable bonds is 3. The van der Waals surface area contributed by atoms with Crippen molar-refractivity contribution in [1.29, 1.82) is 0 Å². The number of nitrogens with zero attached hydrogens (tertiary/aromatic N) is 3. The second-order valence-electron chi connectivity index (χ2n) is 3.35. The van der Waals surface area contributed by atoms with E-state index >= 15 is 0 Å². The Kier molecular flexibility index (Phi) is 3.21. The monoisotopic (exact) mass is 296 g/mol. The molecule has 17 heavy (non-hydrogen) atoms. The van der Waals surface area contributed by atoms with E-state index in [1.54, 1.807) is 23.0 Å². The molecule has 0 aliphatic heterocycles. The lowest BCUT2D eigenvalue weighted by molar-refractivity contribution is -0.384. The first-order chi connectivity index (χ1) is 8.11. The summed E-state index contributed by atoms with van der Waals surface area (Å²) in [4.78, 5) is 10.1. The molecule has 0 aliphatic carbocycles. The van der Waals surface area contributed by atoms with Crippen LogP contribution in [0.2, 0.25) is 0 Å². The Balaban J connectivity index is 2.36. The third-order valence-electron chi connectivity index (χ3n) is 2.26. The Morgan fingerprint density at radius 1 is 1.41 bits per heavy atom. The minimum atomic E-state index is -0.436. The van der Waals surface area contributed by atoms with Crippen molar-refractivity contribution in [3.8, 4) is 5.69 Å². The average Bonchev–Trinajstić information content (AvgIpc) is 2.70. The third kappa shape index (κ3) is 2.34. The Morgan fingerprint density at radius 3 is 2.53 bits per heavy atom. The van der Waals surface area contributed by atoms with Crippen molar-refractivity contribution in [3.05, 3.63) is 50.7 Å². The van der Waals surface area contributed by atoms with Crippen LogP contribution in [0.3, 0.4) is 0 Å². The molecule has 88 valence electrons. The average molecular weight is 297 g/mol. The zero-order valence-electron chi connectivity index (χ0n) is 8.71. The van der Waals surface area contributed by atoms with Crippen molar-refractivity contribution in [3.63, 3.8) is 0 Å². The predicted molar refractivity (Wildman–Crippen MR) is 65.8 cm³/mol. The van der Waals surface area contributed by atoms with Crippen LogP contribution in [0.5, 0.6) is 0 Å². The molecule has 0 unspecified atom stereocenters. The maximum atomic E-state index is 10.5. The molecule has 2 rings (SSSR count). The summed E-state index contributed by atoms with van der Waals surface area (Å²) in [5.41, 5.74) is 7.05. The third-order valence-corrected chi connectivity index (χ3v) is 2.92. The maximum absolute atomic E-state index is 10.5. The van der Waals surface area contributed by atoms with Gasteiger partial charge in [0.2, 0.25) is 0 Å². The van der Waals surface area contributed by atoms with Gasteiger partial charge in [0, 0.05) is 24.9 Å². The topological polar surface area (TPSA) is 87.0 Å². The fourth-order valence-electron chi connectivity index (χ4n) is 1.39.